The second-order valence-electron chi connectivity index (χ2n) is 4.31. The number of hydrogen-bond acceptors (Lipinski definition) is 2. The quantitative estimate of drug-likeness (QED) is 0.868. The highest BCUT2D eigenvalue weighted by Gasteiger charge is 2.12. The summed E-state index contributed by atoms with van der Waals surface area (Å²) in [4.78, 5) is 23.8. The Kier molecular flexibility index (Phi) is 5.66. The fraction of sp³-hybridized carbons (Fsp3) is 0.0667. The predicted molar refractivity (Wildman–Crippen MR) is 88.9 cm³/mol. The Balaban J connectivity index is 1.95. The smallest absolute Gasteiger partial charge is 0.253 e. The second-order valence-corrected chi connectivity index (χ2v) is 5.50. The lowest BCUT2D eigenvalue weighted by Gasteiger charge is -2.09. The van der Waals surface area contributed by atoms with Crippen molar-refractivity contribution in [2.75, 3.05) is 11.9 Å². The highest BCUT2D eigenvalue weighted by molar-refractivity contribution is 6.44. The maximum Gasteiger partial charge on any atom is 0.253 e. The largest absolute Gasteiger partial charge is 0.343 e. The maximum absolute atomic E-state index is 11.9. The summed E-state index contributed by atoms with van der Waals surface area (Å²) in [6.07, 6.45) is 0. The standard InChI is InChI=1S/C15H11Cl3N2O2/c16-10-5-2-1-4-9(10)15(22)19-8-13(21)20-12-7-3-6-11(17)14(12)18/h1-7H,8H2,(H,19,22)(H,20,21). The van der Waals surface area contributed by atoms with Gasteiger partial charge in [0.15, 0.2) is 0 Å². The van der Waals surface area contributed by atoms with Crippen molar-refractivity contribution >= 4 is 52.3 Å². The third kappa shape index (κ3) is 4.13. The average Bonchev–Trinajstić information content (AvgIpc) is 2.50. The fourth-order valence-corrected chi connectivity index (χ4v) is 2.27. The summed E-state index contributed by atoms with van der Waals surface area (Å²) in [5.74, 6) is -0.859. The van der Waals surface area contributed by atoms with E-state index in [1.807, 2.05) is 0 Å². The summed E-state index contributed by atoms with van der Waals surface area (Å²) in [6.45, 7) is -0.215. The number of carbonyl (C=O) groups is 2. The first-order valence-corrected chi connectivity index (χ1v) is 7.39. The van der Waals surface area contributed by atoms with Crippen molar-refractivity contribution in [3.05, 3.63) is 63.1 Å². The molecule has 2 amide bonds. The van der Waals surface area contributed by atoms with E-state index in [9.17, 15) is 9.59 Å². The molecule has 0 aromatic heterocycles. The number of nitrogens with one attached hydrogen (secondary N) is 2. The zero-order valence-electron chi connectivity index (χ0n) is 11.2. The molecule has 0 spiro atoms. The SMILES string of the molecule is O=C(CNC(=O)c1ccccc1Cl)Nc1cccc(Cl)c1Cl. The van der Waals surface area contributed by atoms with Crippen LogP contribution in [0.4, 0.5) is 5.69 Å². The molecule has 0 radical (unpaired) electrons. The molecule has 0 unspecified atom stereocenters. The molecule has 2 rings (SSSR count). The molecule has 2 aromatic carbocycles. The van der Waals surface area contributed by atoms with Crippen LogP contribution in [-0.2, 0) is 4.79 Å². The minimum Gasteiger partial charge on any atom is -0.343 e. The van der Waals surface area contributed by atoms with Crippen LogP contribution in [0, 0.1) is 0 Å². The van der Waals surface area contributed by atoms with E-state index in [0.717, 1.165) is 0 Å². The van der Waals surface area contributed by atoms with Crippen LogP contribution < -0.4 is 10.6 Å². The Hall–Kier alpha value is -1.75. The second kappa shape index (κ2) is 7.49. The summed E-state index contributed by atoms with van der Waals surface area (Å²) in [5, 5.41) is 5.95. The Morgan fingerprint density at radius 1 is 0.909 bits per heavy atom. The van der Waals surface area contributed by atoms with Gasteiger partial charge in [-0.1, -0.05) is 53.0 Å². The minimum absolute atomic E-state index is 0.215. The summed E-state index contributed by atoms with van der Waals surface area (Å²) in [6, 6.07) is 11.5. The molecule has 0 bridgehead atoms. The highest BCUT2D eigenvalue weighted by atomic mass is 35.5. The van der Waals surface area contributed by atoms with Crippen molar-refractivity contribution in [2.45, 2.75) is 0 Å². The van der Waals surface area contributed by atoms with E-state index in [0.29, 0.717) is 21.3 Å². The molecule has 0 fully saturated rings. The number of hydrogen-bond donors (Lipinski definition) is 2. The van der Waals surface area contributed by atoms with E-state index >= 15 is 0 Å². The Labute approximate surface area is 142 Å². The van der Waals surface area contributed by atoms with Gasteiger partial charge in [-0.15, -0.1) is 0 Å². The van der Waals surface area contributed by atoms with E-state index < -0.39 is 11.8 Å². The Morgan fingerprint density at radius 2 is 1.59 bits per heavy atom. The van der Waals surface area contributed by atoms with Gasteiger partial charge in [-0.25, -0.2) is 0 Å². The lowest BCUT2D eigenvalue weighted by molar-refractivity contribution is -0.115. The predicted octanol–water partition coefficient (Wildman–Crippen LogP) is 4.02. The van der Waals surface area contributed by atoms with Gasteiger partial charge in [0.05, 0.1) is 32.9 Å². The van der Waals surface area contributed by atoms with Crippen molar-refractivity contribution in [3.8, 4) is 0 Å². The van der Waals surface area contributed by atoms with E-state index in [1.165, 1.54) is 0 Å². The van der Waals surface area contributed by atoms with Gasteiger partial charge in [0.25, 0.3) is 5.91 Å². The first-order chi connectivity index (χ1) is 10.5. The van der Waals surface area contributed by atoms with E-state index in [1.54, 1.807) is 42.5 Å². The molecule has 0 aliphatic rings. The first-order valence-electron chi connectivity index (χ1n) is 6.25. The molecule has 4 nitrogen and oxygen atoms in total. The average molecular weight is 358 g/mol. The van der Waals surface area contributed by atoms with Crippen molar-refractivity contribution < 1.29 is 9.59 Å². The lowest BCUT2D eigenvalue weighted by atomic mass is 10.2. The molecule has 0 saturated carbocycles. The van der Waals surface area contributed by atoms with Gasteiger partial charge in [-0.3, -0.25) is 9.59 Å². The van der Waals surface area contributed by atoms with Crippen LogP contribution in [0.15, 0.2) is 42.5 Å². The highest BCUT2D eigenvalue weighted by Crippen LogP contribution is 2.29. The van der Waals surface area contributed by atoms with Gasteiger partial charge in [0.1, 0.15) is 0 Å². The minimum atomic E-state index is -0.432. The maximum atomic E-state index is 11.9. The van der Waals surface area contributed by atoms with Gasteiger partial charge in [-0.05, 0) is 24.3 Å². The molecule has 2 aromatic rings. The van der Waals surface area contributed by atoms with Crippen molar-refractivity contribution in [3.63, 3.8) is 0 Å². The van der Waals surface area contributed by atoms with Crippen LogP contribution in [0.25, 0.3) is 0 Å². The molecule has 2 N–H and O–H groups in total. The number of benzene rings is 2. The molecular weight excluding hydrogens is 347 g/mol. The molecule has 7 heteroatoms. The molecule has 22 heavy (non-hydrogen) atoms. The molecule has 0 heterocycles. The number of carbonyl (C=O) groups excluding carboxylic acids is 2. The topological polar surface area (TPSA) is 58.2 Å². The van der Waals surface area contributed by atoms with Crippen LogP contribution in [0.2, 0.25) is 15.1 Å². The first kappa shape index (κ1) is 16.6. The Bertz CT molecular complexity index is 720. The lowest BCUT2D eigenvalue weighted by Crippen LogP contribution is -2.33. The van der Waals surface area contributed by atoms with Gasteiger partial charge in [-0.2, -0.15) is 0 Å². The van der Waals surface area contributed by atoms with Crippen LogP contribution in [0.1, 0.15) is 10.4 Å². The summed E-state index contributed by atoms with van der Waals surface area (Å²) in [7, 11) is 0. The number of amides is 2. The van der Waals surface area contributed by atoms with Crippen LogP contribution in [-0.4, -0.2) is 18.4 Å². The van der Waals surface area contributed by atoms with Crippen molar-refractivity contribution in [1.29, 1.82) is 0 Å². The Morgan fingerprint density at radius 3 is 2.32 bits per heavy atom. The molecule has 0 aliphatic carbocycles. The van der Waals surface area contributed by atoms with Gasteiger partial charge < -0.3 is 10.6 Å². The third-order valence-electron chi connectivity index (χ3n) is 2.75. The van der Waals surface area contributed by atoms with Gasteiger partial charge >= 0.3 is 0 Å². The molecule has 114 valence electrons. The third-order valence-corrected chi connectivity index (χ3v) is 3.90. The zero-order chi connectivity index (χ0) is 16.1. The van der Waals surface area contributed by atoms with E-state index in [2.05, 4.69) is 10.6 Å². The van der Waals surface area contributed by atoms with Crippen LogP contribution in [0.3, 0.4) is 0 Å². The number of rotatable bonds is 4. The molecule has 0 atom stereocenters. The monoisotopic (exact) mass is 356 g/mol. The number of halogens is 3. The van der Waals surface area contributed by atoms with E-state index in [4.69, 9.17) is 34.8 Å². The van der Waals surface area contributed by atoms with Crippen LogP contribution in [0.5, 0.6) is 0 Å². The van der Waals surface area contributed by atoms with Crippen molar-refractivity contribution in [1.82, 2.24) is 5.32 Å². The summed E-state index contributed by atoms with van der Waals surface area (Å²) < 4.78 is 0. The van der Waals surface area contributed by atoms with Crippen LogP contribution >= 0.6 is 34.8 Å². The van der Waals surface area contributed by atoms with Gasteiger partial charge in [0, 0.05) is 0 Å². The fourth-order valence-electron chi connectivity index (χ4n) is 1.70. The molecule has 0 saturated heterocycles. The molecular formula is C15H11Cl3N2O2. The van der Waals surface area contributed by atoms with Crippen molar-refractivity contribution in [2.24, 2.45) is 0 Å². The summed E-state index contributed by atoms with van der Waals surface area (Å²) in [5.41, 5.74) is 0.684. The normalized spacial score (nSPS) is 10.1. The molecule has 0 aliphatic heterocycles. The van der Waals surface area contributed by atoms with Gasteiger partial charge in [0.2, 0.25) is 5.91 Å². The summed E-state index contributed by atoms with van der Waals surface area (Å²) >= 11 is 17.7. The van der Waals surface area contributed by atoms with E-state index in [-0.39, 0.29) is 11.6 Å². The number of anilines is 1. The zero-order valence-corrected chi connectivity index (χ0v) is 13.5.